The molecule has 1 aromatic rings. The summed E-state index contributed by atoms with van der Waals surface area (Å²) in [5.74, 6) is 1.76. The van der Waals surface area contributed by atoms with E-state index >= 15 is 0 Å². The van der Waals surface area contributed by atoms with Gasteiger partial charge in [0.05, 0.1) is 4.90 Å². The van der Waals surface area contributed by atoms with Crippen molar-refractivity contribution in [2.75, 3.05) is 31.1 Å². The minimum atomic E-state index is -3.30. The highest BCUT2D eigenvalue weighted by molar-refractivity contribution is 7.99. The Hall–Kier alpha value is -0.560. The molecule has 6 heteroatoms. The van der Waals surface area contributed by atoms with E-state index in [4.69, 9.17) is 5.73 Å². The largest absolute Gasteiger partial charge is 0.330 e. The molecule has 0 radical (unpaired) electrons. The van der Waals surface area contributed by atoms with Gasteiger partial charge in [-0.1, -0.05) is 12.1 Å². The summed E-state index contributed by atoms with van der Waals surface area (Å²) in [6.07, 6.45) is 0.778. The lowest BCUT2D eigenvalue weighted by Gasteiger charge is -2.25. The number of thioether (sulfide) groups is 1. The average molecular weight is 286 g/mol. The molecular weight excluding hydrogens is 268 g/mol. The van der Waals surface area contributed by atoms with Crippen molar-refractivity contribution in [2.24, 2.45) is 5.73 Å². The van der Waals surface area contributed by atoms with Crippen LogP contribution in [-0.4, -0.2) is 43.9 Å². The van der Waals surface area contributed by atoms with Crippen molar-refractivity contribution in [3.8, 4) is 0 Å². The molecule has 1 aliphatic heterocycles. The Kier molecular flexibility index (Phi) is 4.66. The van der Waals surface area contributed by atoms with Crippen LogP contribution in [0.25, 0.3) is 0 Å². The van der Waals surface area contributed by atoms with Crippen molar-refractivity contribution in [3.63, 3.8) is 0 Å². The molecule has 0 aromatic heterocycles. The lowest BCUT2D eigenvalue weighted by Crippen LogP contribution is -2.37. The first-order chi connectivity index (χ1) is 8.64. The second-order valence-electron chi connectivity index (χ2n) is 4.20. The fourth-order valence-corrected chi connectivity index (χ4v) is 4.51. The SMILES string of the molecule is NCCc1ccc(S(=O)(=O)N2CCSCC2)cc1. The molecule has 1 heterocycles. The van der Waals surface area contributed by atoms with Gasteiger partial charge in [-0.05, 0) is 30.7 Å². The van der Waals surface area contributed by atoms with Gasteiger partial charge in [0, 0.05) is 24.6 Å². The van der Waals surface area contributed by atoms with E-state index in [9.17, 15) is 8.42 Å². The van der Waals surface area contributed by atoms with Crippen molar-refractivity contribution >= 4 is 21.8 Å². The van der Waals surface area contributed by atoms with E-state index in [1.807, 2.05) is 12.1 Å². The summed E-state index contributed by atoms with van der Waals surface area (Å²) in [4.78, 5) is 0.384. The molecule has 0 spiro atoms. The normalized spacial score (nSPS) is 17.8. The molecule has 4 nitrogen and oxygen atoms in total. The topological polar surface area (TPSA) is 63.4 Å². The zero-order chi connectivity index (χ0) is 13.0. The number of hydrogen-bond donors (Lipinski definition) is 1. The van der Waals surface area contributed by atoms with Crippen LogP contribution < -0.4 is 5.73 Å². The minimum Gasteiger partial charge on any atom is -0.330 e. The van der Waals surface area contributed by atoms with E-state index in [-0.39, 0.29) is 0 Å². The Labute approximate surface area is 113 Å². The van der Waals surface area contributed by atoms with Crippen LogP contribution in [0.3, 0.4) is 0 Å². The van der Waals surface area contributed by atoms with E-state index in [1.54, 1.807) is 28.2 Å². The van der Waals surface area contributed by atoms with Gasteiger partial charge in [0.25, 0.3) is 0 Å². The second-order valence-corrected chi connectivity index (χ2v) is 7.36. The number of sulfonamides is 1. The van der Waals surface area contributed by atoms with Gasteiger partial charge < -0.3 is 5.73 Å². The summed E-state index contributed by atoms with van der Waals surface area (Å²) < 4.78 is 26.3. The molecule has 0 aliphatic carbocycles. The maximum atomic E-state index is 12.3. The third-order valence-electron chi connectivity index (χ3n) is 2.96. The van der Waals surface area contributed by atoms with Crippen LogP contribution in [0.5, 0.6) is 0 Å². The van der Waals surface area contributed by atoms with Crippen LogP contribution in [0, 0.1) is 0 Å². The number of hydrogen-bond acceptors (Lipinski definition) is 4. The molecule has 0 atom stereocenters. The Bertz CT molecular complexity index is 479. The molecule has 100 valence electrons. The van der Waals surface area contributed by atoms with Crippen LogP contribution in [0.4, 0.5) is 0 Å². The zero-order valence-electron chi connectivity index (χ0n) is 10.2. The molecule has 1 saturated heterocycles. The third-order valence-corrected chi connectivity index (χ3v) is 5.82. The maximum absolute atomic E-state index is 12.3. The number of nitrogens with two attached hydrogens (primary N) is 1. The quantitative estimate of drug-likeness (QED) is 0.894. The van der Waals surface area contributed by atoms with Gasteiger partial charge in [-0.15, -0.1) is 0 Å². The molecule has 1 aliphatic rings. The molecule has 0 unspecified atom stereocenters. The van der Waals surface area contributed by atoms with Gasteiger partial charge in [0.15, 0.2) is 0 Å². The van der Waals surface area contributed by atoms with E-state index in [0.29, 0.717) is 24.5 Å². The Morgan fingerprint density at radius 2 is 1.78 bits per heavy atom. The van der Waals surface area contributed by atoms with Gasteiger partial charge in [0.1, 0.15) is 0 Å². The average Bonchev–Trinajstić information content (AvgIpc) is 2.41. The second kappa shape index (κ2) is 6.06. The summed E-state index contributed by atoms with van der Waals surface area (Å²) in [6.45, 7) is 1.80. The summed E-state index contributed by atoms with van der Waals surface area (Å²) in [5, 5.41) is 0. The molecule has 2 N–H and O–H groups in total. The van der Waals surface area contributed by atoms with Crippen molar-refractivity contribution < 1.29 is 8.42 Å². The number of rotatable bonds is 4. The lowest BCUT2D eigenvalue weighted by atomic mass is 10.2. The van der Waals surface area contributed by atoms with E-state index in [1.165, 1.54) is 0 Å². The van der Waals surface area contributed by atoms with E-state index < -0.39 is 10.0 Å². The van der Waals surface area contributed by atoms with Gasteiger partial charge in [-0.3, -0.25) is 0 Å². The molecule has 18 heavy (non-hydrogen) atoms. The lowest BCUT2D eigenvalue weighted by molar-refractivity contribution is 0.443. The Morgan fingerprint density at radius 3 is 2.33 bits per heavy atom. The third kappa shape index (κ3) is 3.06. The monoisotopic (exact) mass is 286 g/mol. The molecule has 0 amide bonds. The first-order valence-electron chi connectivity index (χ1n) is 6.01. The van der Waals surface area contributed by atoms with Gasteiger partial charge in [-0.25, -0.2) is 8.42 Å². The highest BCUT2D eigenvalue weighted by Crippen LogP contribution is 2.20. The number of nitrogens with zero attached hydrogens (tertiary/aromatic N) is 1. The Balaban J connectivity index is 2.18. The first kappa shape index (κ1) is 13.9. The Morgan fingerprint density at radius 1 is 1.17 bits per heavy atom. The predicted octanol–water partition coefficient (Wildman–Crippen LogP) is 0.925. The maximum Gasteiger partial charge on any atom is 0.243 e. The fourth-order valence-electron chi connectivity index (χ4n) is 1.93. The fraction of sp³-hybridized carbons (Fsp3) is 0.500. The summed E-state index contributed by atoms with van der Waals surface area (Å²) in [5.41, 5.74) is 6.55. The van der Waals surface area contributed by atoms with Crippen molar-refractivity contribution in [2.45, 2.75) is 11.3 Å². The summed E-state index contributed by atoms with van der Waals surface area (Å²) >= 11 is 1.80. The van der Waals surface area contributed by atoms with Crippen LogP contribution >= 0.6 is 11.8 Å². The molecule has 0 saturated carbocycles. The molecule has 1 aromatic carbocycles. The van der Waals surface area contributed by atoms with Gasteiger partial charge in [0.2, 0.25) is 10.0 Å². The van der Waals surface area contributed by atoms with Crippen molar-refractivity contribution in [1.82, 2.24) is 4.31 Å². The van der Waals surface area contributed by atoms with E-state index in [0.717, 1.165) is 23.5 Å². The van der Waals surface area contributed by atoms with Gasteiger partial charge in [-0.2, -0.15) is 16.1 Å². The van der Waals surface area contributed by atoms with Crippen molar-refractivity contribution in [1.29, 1.82) is 0 Å². The number of benzene rings is 1. The summed E-state index contributed by atoms with van der Waals surface area (Å²) in [7, 11) is -3.30. The van der Waals surface area contributed by atoms with Crippen molar-refractivity contribution in [3.05, 3.63) is 29.8 Å². The predicted molar refractivity (Wildman–Crippen MR) is 75.3 cm³/mol. The zero-order valence-corrected chi connectivity index (χ0v) is 11.8. The highest BCUT2D eigenvalue weighted by Gasteiger charge is 2.25. The molecule has 1 fully saturated rings. The molecule has 2 rings (SSSR count). The van der Waals surface area contributed by atoms with Crippen LogP contribution in [-0.2, 0) is 16.4 Å². The van der Waals surface area contributed by atoms with Crippen LogP contribution in [0.15, 0.2) is 29.2 Å². The standard InChI is InChI=1S/C12H18N2O2S2/c13-6-5-11-1-3-12(4-2-11)18(15,16)14-7-9-17-10-8-14/h1-4H,5-10,13H2. The van der Waals surface area contributed by atoms with Gasteiger partial charge >= 0.3 is 0 Å². The highest BCUT2D eigenvalue weighted by atomic mass is 32.2. The molecule has 0 bridgehead atoms. The van der Waals surface area contributed by atoms with Crippen LogP contribution in [0.1, 0.15) is 5.56 Å². The first-order valence-corrected chi connectivity index (χ1v) is 8.61. The minimum absolute atomic E-state index is 0.384. The molecular formula is C12H18N2O2S2. The summed E-state index contributed by atoms with van der Waals surface area (Å²) in [6, 6.07) is 7.06. The van der Waals surface area contributed by atoms with Crippen LogP contribution in [0.2, 0.25) is 0 Å². The smallest absolute Gasteiger partial charge is 0.243 e. The van der Waals surface area contributed by atoms with E-state index in [2.05, 4.69) is 0 Å².